The number of aromatic hydroxyl groups is 1. The van der Waals surface area contributed by atoms with Gasteiger partial charge in [-0.2, -0.15) is 5.01 Å². The number of phenols is 1. The lowest BCUT2D eigenvalue weighted by Gasteiger charge is -2.50. The second kappa shape index (κ2) is 11.0. The lowest BCUT2D eigenvalue weighted by Crippen LogP contribution is -2.53. The van der Waals surface area contributed by atoms with Gasteiger partial charge in [-0.15, -0.1) is 0 Å². The molecule has 8 rings (SSSR count). The first-order chi connectivity index (χ1) is 23.2. The Labute approximate surface area is 276 Å². The summed E-state index contributed by atoms with van der Waals surface area (Å²) in [6, 6.07) is 29.2. The summed E-state index contributed by atoms with van der Waals surface area (Å²) >= 11 is 0. The van der Waals surface area contributed by atoms with Gasteiger partial charge in [-0.3, -0.25) is 29.5 Å². The lowest BCUT2D eigenvalue weighted by atomic mass is 9.49. The van der Waals surface area contributed by atoms with Crippen LogP contribution in [0.5, 0.6) is 5.75 Å². The highest BCUT2D eigenvalue weighted by Crippen LogP contribution is 2.64. The van der Waals surface area contributed by atoms with Crippen molar-refractivity contribution in [3.05, 3.63) is 137 Å². The molecule has 9 heteroatoms. The number of carbonyl (C=O) groups is 4. The monoisotopic (exact) mass is 641 g/mol. The first kappa shape index (κ1) is 29.8. The topological polar surface area (TPSA) is 107 Å². The van der Waals surface area contributed by atoms with Crippen LogP contribution >= 0.6 is 0 Å². The molecule has 0 spiro atoms. The van der Waals surface area contributed by atoms with Crippen molar-refractivity contribution in [2.75, 3.05) is 10.3 Å². The summed E-state index contributed by atoms with van der Waals surface area (Å²) in [7, 11) is 0. The van der Waals surface area contributed by atoms with E-state index in [2.05, 4.69) is 5.43 Å². The summed E-state index contributed by atoms with van der Waals surface area (Å²) in [4.78, 5) is 59.1. The van der Waals surface area contributed by atoms with Crippen molar-refractivity contribution in [2.24, 2.45) is 23.7 Å². The van der Waals surface area contributed by atoms with Crippen LogP contribution in [0, 0.1) is 36.4 Å². The number of imide groups is 2. The highest BCUT2D eigenvalue weighted by molar-refractivity contribution is 6.22. The number of amides is 4. The van der Waals surface area contributed by atoms with Crippen LogP contribution in [0.15, 0.2) is 115 Å². The molecule has 6 atom stereocenters. The molecule has 0 radical (unpaired) electrons. The van der Waals surface area contributed by atoms with E-state index in [1.54, 1.807) is 54.6 Å². The van der Waals surface area contributed by atoms with Gasteiger partial charge in [0.1, 0.15) is 0 Å². The molecular weight excluding hydrogens is 609 g/mol. The van der Waals surface area contributed by atoms with Gasteiger partial charge in [-0.05, 0) is 73.2 Å². The SMILES string of the molecule is Cc1ccc(NN2C(=O)[C@@H]3C[C@@H]4C(=CC[C@@H]5C(=O)N(c6ccccc6)C(=O)[C@@H]54)[C@H](c4ccc(O)c(F)c4)[C@]3(c3ccccc3)C2=O)cc1. The average molecular weight is 642 g/mol. The molecule has 2 heterocycles. The van der Waals surface area contributed by atoms with Gasteiger partial charge in [0.15, 0.2) is 11.6 Å². The Balaban J connectivity index is 1.33. The molecule has 4 aromatic rings. The van der Waals surface area contributed by atoms with Crippen molar-refractivity contribution in [2.45, 2.75) is 31.1 Å². The van der Waals surface area contributed by atoms with E-state index in [0.717, 1.165) is 16.1 Å². The largest absolute Gasteiger partial charge is 0.505 e. The third-order valence-corrected chi connectivity index (χ3v) is 10.7. The summed E-state index contributed by atoms with van der Waals surface area (Å²) in [6.07, 6.45) is 2.32. The standard InChI is InChI=1S/C39H32FN3O5/c1-22-12-15-25(16-13-22)41-43-36(46)30-21-29-27(17-18-28-33(29)37(47)42(35(28)45)26-10-6-3-7-11-26)34(23-14-19-32(44)31(40)20-23)39(30,38(43)48)24-8-4-2-5-9-24/h2-17,19-20,28-30,33-34,41,44H,18,21H2,1H3/t28-,29+,30-,33-,34-,39+/m0/s1. The van der Waals surface area contributed by atoms with E-state index in [1.807, 2.05) is 49.4 Å². The minimum absolute atomic E-state index is 0.136. The molecule has 48 heavy (non-hydrogen) atoms. The molecule has 4 aliphatic rings. The number of hydrogen-bond acceptors (Lipinski definition) is 6. The molecule has 4 amide bonds. The van der Waals surface area contributed by atoms with Gasteiger partial charge in [0.05, 0.1) is 34.5 Å². The quantitative estimate of drug-likeness (QED) is 0.204. The number of rotatable bonds is 5. The van der Waals surface area contributed by atoms with E-state index in [1.165, 1.54) is 17.0 Å². The number of carbonyl (C=O) groups excluding carboxylic acids is 4. The lowest BCUT2D eigenvalue weighted by molar-refractivity contribution is -0.138. The molecule has 2 aliphatic heterocycles. The zero-order chi connectivity index (χ0) is 33.3. The summed E-state index contributed by atoms with van der Waals surface area (Å²) in [5.74, 6) is -6.82. The van der Waals surface area contributed by atoms with Crippen LogP contribution in [-0.4, -0.2) is 33.7 Å². The van der Waals surface area contributed by atoms with Gasteiger partial charge in [0, 0.05) is 5.92 Å². The van der Waals surface area contributed by atoms with E-state index >= 15 is 9.18 Å². The molecule has 1 saturated carbocycles. The highest BCUT2D eigenvalue weighted by atomic mass is 19.1. The number of para-hydroxylation sites is 1. The van der Waals surface area contributed by atoms with E-state index in [-0.39, 0.29) is 24.7 Å². The smallest absolute Gasteiger partial charge is 0.260 e. The molecule has 240 valence electrons. The second-order valence-corrected chi connectivity index (χ2v) is 13.1. The second-order valence-electron chi connectivity index (χ2n) is 13.1. The van der Waals surface area contributed by atoms with Crippen molar-refractivity contribution in [1.82, 2.24) is 5.01 Å². The van der Waals surface area contributed by atoms with E-state index in [9.17, 15) is 19.5 Å². The van der Waals surface area contributed by atoms with Gasteiger partial charge < -0.3 is 5.11 Å². The number of nitrogens with one attached hydrogen (secondary N) is 1. The average Bonchev–Trinajstić information content (AvgIpc) is 3.48. The highest BCUT2D eigenvalue weighted by Gasteiger charge is 2.70. The molecule has 3 fully saturated rings. The number of phenolic OH excluding ortho intramolecular Hbond substituents is 1. The Hall–Kier alpha value is -5.57. The third kappa shape index (κ3) is 4.19. The van der Waals surface area contributed by atoms with Crippen LogP contribution in [0.1, 0.15) is 35.4 Å². The predicted octanol–water partition coefficient (Wildman–Crippen LogP) is 6.03. The summed E-state index contributed by atoms with van der Waals surface area (Å²) in [5, 5.41) is 11.2. The Morgan fingerprint density at radius 2 is 1.50 bits per heavy atom. The number of hydrogen-bond donors (Lipinski definition) is 2. The maximum Gasteiger partial charge on any atom is 0.260 e. The number of halogens is 1. The zero-order valence-electron chi connectivity index (χ0n) is 26.0. The van der Waals surface area contributed by atoms with Crippen molar-refractivity contribution in [1.29, 1.82) is 0 Å². The van der Waals surface area contributed by atoms with Gasteiger partial charge in [-0.25, -0.2) is 4.39 Å². The van der Waals surface area contributed by atoms with Crippen LogP contribution in [-0.2, 0) is 24.6 Å². The normalized spacial score (nSPS) is 27.8. The first-order valence-corrected chi connectivity index (χ1v) is 16.1. The van der Waals surface area contributed by atoms with Crippen LogP contribution in [0.25, 0.3) is 0 Å². The van der Waals surface area contributed by atoms with Crippen LogP contribution in [0.3, 0.4) is 0 Å². The number of nitrogens with zero attached hydrogens (tertiary/aromatic N) is 2. The maximum atomic E-state index is 15.2. The Morgan fingerprint density at radius 1 is 0.812 bits per heavy atom. The van der Waals surface area contributed by atoms with Crippen LogP contribution < -0.4 is 10.3 Å². The predicted molar refractivity (Wildman–Crippen MR) is 176 cm³/mol. The van der Waals surface area contributed by atoms with Crippen LogP contribution in [0.4, 0.5) is 15.8 Å². The fourth-order valence-electron chi connectivity index (χ4n) is 8.66. The number of benzene rings is 4. The molecule has 4 aromatic carbocycles. The van der Waals surface area contributed by atoms with Crippen LogP contribution in [0.2, 0.25) is 0 Å². The molecule has 0 bridgehead atoms. The van der Waals surface area contributed by atoms with E-state index in [0.29, 0.717) is 22.5 Å². The van der Waals surface area contributed by atoms with Crippen molar-refractivity contribution in [3.8, 4) is 5.75 Å². The van der Waals surface area contributed by atoms with Gasteiger partial charge in [-0.1, -0.05) is 83.9 Å². The number of aryl methyl sites for hydroxylation is 1. The Kier molecular flexibility index (Phi) is 6.84. The summed E-state index contributed by atoms with van der Waals surface area (Å²) in [6.45, 7) is 1.94. The molecule has 8 nitrogen and oxygen atoms in total. The number of hydrazine groups is 1. The minimum Gasteiger partial charge on any atom is -0.505 e. The van der Waals surface area contributed by atoms with Crippen molar-refractivity contribution in [3.63, 3.8) is 0 Å². The Morgan fingerprint density at radius 3 is 2.19 bits per heavy atom. The van der Waals surface area contributed by atoms with Crippen molar-refractivity contribution >= 4 is 35.0 Å². The number of fused-ring (bicyclic) bond motifs is 4. The number of allylic oxidation sites excluding steroid dienone is 2. The first-order valence-electron chi connectivity index (χ1n) is 16.1. The molecule has 2 N–H and O–H groups in total. The van der Waals surface area contributed by atoms with E-state index in [4.69, 9.17) is 0 Å². The molecule has 2 aliphatic carbocycles. The third-order valence-electron chi connectivity index (χ3n) is 10.7. The zero-order valence-corrected chi connectivity index (χ0v) is 26.0. The molecular formula is C39H32FN3O5. The van der Waals surface area contributed by atoms with Gasteiger partial charge >= 0.3 is 0 Å². The van der Waals surface area contributed by atoms with Crippen molar-refractivity contribution < 1.29 is 28.7 Å². The summed E-state index contributed by atoms with van der Waals surface area (Å²) in [5.41, 5.74) is 5.27. The van der Waals surface area contributed by atoms with Gasteiger partial charge in [0.2, 0.25) is 11.8 Å². The Bertz CT molecular complexity index is 2010. The fraction of sp³-hybridized carbons (Fsp3) is 0.231. The molecule has 0 unspecified atom stereocenters. The molecule has 2 saturated heterocycles. The minimum atomic E-state index is -1.51. The maximum absolute atomic E-state index is 15.2. The van der Waals surface area contributed by atoms with E-state index < -0.39 is 58.4 Å². The molecule has 0 aromatic heterocycles. The number of anilines is 2. The summed E-state index contributed by atoms with van der Waals surface area (Å²) < 4.78 is 15.2. The fourth-order valence-corrected chi connectivity index (χ4v) is 8.66. The van der Waals surface area contributed by atoms with Gasteiger partial charge in [0.25, 0.3) is 11.8 Å².